The Kier molecular flexibility index (Phi) is 6.02. The van der Waals surface area contributed by atoms with Gasteiger partial charge in [-0.2, -0.15) is 0 Å². The fraction of sp³-hybridized carbons (Fsp3) is 0.273. The van der Waals surface area contributed by atoms with E-state index in [0.29, 0.717) is 0 Å². The Morgan fingerprint density at radius 2 is 1.35 bits per heavy atom. The first kappa shape index (κ1) is 17.3. The molecule has 0 heterocycles. The summed E-state index contributed by atoms with van der Waals surface area (Å²) < 4.78 is 0. The van der Waals surface area contributed by atoms with Crippen LogP contribution in [0, 0.1) is 11.5 Å². The lowest BCUT2D eigenvalue weighted by atomic mass is 9.99. The molecule has 0 N–H and O–H groups in total. The molecule has 1 heteroatoms. The molecule has 0 fully saturated rings. The fourth-order valence-corrected chi connectivity index (χ4v) is 5.22. The van der Waals surface area contributed by atoms with Gasteiger partial charge in [-0.15, -0.1) is 5.54 Å². The summed E-state index contributed by atoms with van der Waals surface area (Å²) >= 11 is 0. The van der Waals surface area contributed by atoms with Crippen LogP contribution in [0.3, 0.4) is 0 Å². The molecule has 0 amide bonds. The van der Waals surface area contributed by atoms with Crippen LogP contribution in [-0.2, 0) is 0 Å². The van der Waals surface area contributed by atoms with Gasteiger partial charge in [-0.25, -0.2) is 0 Å². The fourth-order valence-electron chi connectivity index (χ4n) is 2.78. The zero-order chi connectivity index (χ0) is 16.7. The van der Waals surface area contributed by atoms with Crippen LogP contribution in [0.5, 0.6) is 0 Å². The standard InChI is InChI=1S/C22H26Si/c1-5-23(6-2,7-3)18-17-20-13-15-22(16-14-20)19(4)21-11-9-8-10-12-21/h8-16H,4-7H2,1-3H3. The second kappa shape index (κ2) is 7.99. The van der Waals surface area contributed by atoms with Gasteiger partial charge in [0.15, 0.2) is 0 Å². The van der Waals surface area contributed by atoms with Crippen molar-refractivity contribution in [2.24, 2.45) is 0 Å². The summed E-state index contributed by atoms with van der Waals surface area (Å²) in [4.78, 5) is 0. The maximum atomic E-state index is 4.22. The molecular formula is C22H26Si. The van der Waals surface area contributed by atoms with Gasteiger partial charge in [0.25, 0.3) is 0 Å². The largest absolute Gasteiger partial charge is 0.138 e. The van der Waals surface area contributed by atoms with Crippen LogP contribution in [0.15, 0.2) is 61.2 Å². The molecule has 0 saturated heterocycles. The molecule has 2 rings (SSSR count). The molecule has 0 spiro atoms. The molecule has 0 aliphatic rings. The summed E-state index contributed by atoms with van der Waals surface area (Å²) in [7, 11) is -1.37. The summed E-state index contributed by atoms with van der Waals surface area (Å²) in [5.41, 5.74) is 8.14. The van der Waals surface area contributed by atoms with E-state index in [9.17, 15) is 0 Å². The lowest BCUT2D eigenvalue weighted by molar-refractivity contribution is 1.20. The minimum atomic E-state index is -1.37. The van der Waals surface area contributed by atoms with Gasteiger partial charge in [0, 0.05) is 5.56 Å². The van der Waals surface area contributed by atoms with Crippen molar-refractivity contribution in [3.05, 3.63) is 77.9 Å². The van der Waals surface area contributed by atoms with E-state index in [2.05, 4.69) is 75.2 Å². The summed E-state index contributed by atoms with van der Waals surface area (Å²) in [5.74, 6) is 3.43. The molecule has 118 valence electrons. The predicted octanol–water partition coefficient (Wildman–Crippen LogP) is 6.15. The van der Waals surface area contributed by atoms with E-state index >= 15 is 0 Å². The van der Waals surface area contributed by atoms with E-state index in [1.165, 1.54) is 23.7 Å². The van der Waals surface area contributed by atoms with Crippen molar-refractivity contribution in [3.8, 4) is 11.5 Å². The molecule has 23 heavy (non-hydrogen) atoms. The SMILES string of the molecule is C=C(c1ccccc1)c1ccc(C#C[Si](CC)(CC)CC)cc1. The van der Waals surface area contributed by atoms with Crippen molar-refractivity contribution in [2.75, 3.05) is 0 Å². The Morgan fingerprint density at radius 1 is 0.826 bits per heavy atom. The molecular weight excluding hydrogens is 292 g/mol. The van der Waals surface area contributed by atoms with E-state index in [1.807, 2.05) is 18.2 Å². The highest BCUT2D eigenvalue weighted by molar-refractivity contribution is 6.87. The van der Waals surface area contributed by atoms with Crippen molar-refractivity contribution < 1.29 is 0 Å². The molecule has 0 nitrogen and oxygen atoms in total. The van der Waals surface area contributed by atoms with E-state index in [-0.39, 0.29) is 0 Å². The highest BCUT2D eigenvalue weighted by atomic mass is 28.3. The molecule has 2 aromatic rings. The monoisotopic (exact) mass is 318 g/mol. The summed E-state index contributed by atoms with van der Waals surface area (Å²) in [6.07, 6.45) is 0. The van der Waals surface area contributed by atoms with Crippen LogP contribution in [0.2, 0.25) is 18.1 Å². The number of hydrogen-bond donors (Lipinski definition) is 0. The summed E-state index contributed by atoms with van der Waals surface area (Å²) in [5, 5.41) is 0. The molecule has 0 radical (unpaired) electrons. The lowest BCUT2D eigenvalue weighted by Gasteiger charge is -2.20. The van der Waals surface area contributed by atoms with Crippen LogP contribution in [0.4, 0.5) is 0 Å². The Bertz CT molecular complexity index is 687. The van der Waals surface area contributed by atoms with Crippen molar-refractivity contribution in [1.29, 1.82) is 0 Å². The quantitative estimate of drug-likeness (QED) is 0.458. The first-order valence-corrected chi connectivity index (χ1v) is 11.1. The van der Waals surface area contributed by atoms with E-state index < -0.39 is 8.07 Å². The average Bonchev–Trinajstić information content (AvgIpc) is 2.64. The van der Waals surface area contributed by atoms with Crippen LogP contribution in [-0.4, -0.2) is 8.07 Å². The van der Waals surface area contributed by atoms with Crippen molar-refractivity contribution in [3.63, 3.8) is 0 Å². The van der Waals surface area contributed by atoms with Crippen LogP contribution in [0.1, 0.15) is 37.5 Å². The second-order valence-corrected chi connectivity index (χ2v) is 10.9. The number of benzene rings is 2. The molecule has 0 atom stereocenters. The molecule has 0 aliphatic heterocycles. The zero-order valence-corrected chi connectivity index (χ0v) is 15.5. The molecule has 2 aromatic carbocycles. The maximum Gasteiger partial charge on any atom is 0.138 e. The highest BCUT2D eigenvalue weighted by Gasteiger charge is 2.24. The molecule has 0 aliphatic carbocycles. The first-order valence-electron chi connectivity index (χ1n) is 8.52. The highest BCUT2D eigenvalue weighted by Crippen LogP contribution is 2.22. The van der Waals surface area contributed by atoms with Gasteiger partial charge >= 0.3 is 0 Å². The van der Waals surface area contributed by atoms with E-state index in [1.54, 1.807) is 0 Å². The third-order valence-corrected chi connectivity index (χ3v) is 9.57. The zero-order valence-electron chi connectivity index (χ0n) is 14.5. The van der Waals surface area contributed by atoms with Gasteiger partial charge in [0.1, 0.15) is 8.07 Å². The summed E-state index contributed by atoms with van der Waals surface area (Å²) in [6.45, 7) is 11.1. The second-order valence-electron chi connectivity index (χ2n) is 6.01. The van der Waals surface area contributed by atoms with Crippen LogP contribution < -0.4 is 0 Å². The minimum absolute atomic E-state index is 1.06. The lowest BCUT2D eigenvalue weighted by Crippen LogP contribution is -2.29. The van der Waals surface area contributed by atoms with Crippen molar-refractivity contribution >= 4 is 13.6 Å². The topological polar surface area (TPSA) is 0 Å². The third-order valence-electron chi connectivity index (χ3n) is 4.86. The Balaban J connectivity index is 2.19. The van der Waals surface area contributed by atoms with Crippen LogP contribution >= 0.6 is 0 Å². The minimum Gasteiger partial charge on any atom is -0.126 e. The molecule has 0 saturated carbocycles. The van der Waals surface area contributed by atoms with E-state index in [0.717, 1.165) is 16.7 Å². The Hall–Kier alpha value is -2.04. The number of hydrogen-bond acceptors (Lipinski definition) is 0. The summed E-state index contributed by atoms with van der Waals surface area (Å²) in [6, 6.07) is 22.6. The van der Waals surface area contributed by atoms with Gasteiger partial charge in [-0.3, -0.25) is 0 Å². The Morgan fingerprint density at radius 3 is 1.87 bits per heavy atom. The predicted molar refractivity (Wildman–Crippen MR) is 105 cm³/mol. The van der Waals surface area contributed by atoms with Gasteiger partial charge in [0.05, 0.1) is 0 Å². The number of rotatable bonds is 5. The smallest absolute Gasteiger partial charge is 0.126 e. The maximum absolute atomic E-state index is 4.22. The Labute approximate surface area is 142 Å². The van der Waals surface area contributed by atoms with Crippen molar-refractivity contribution in [2.45, 2.75) is 38.9 Å². The van der Waals surface area contributed by atoms with Gasteiger partial charge in [-0.05, 0) is 47.0 Å². The van der Waals surface area contributed by atoms with Crippen LogP contribution in [0.25, 0.3) is 5.57 Å². The normalized spacial score (nSPS) is 10.7. The first-order chi connectivity index (χ1) is 11.1. The molecule has 0 aromatic heterocycles. The average molecular weight is 319 g/mol. The molecule has 0 unspecified atom stereocenters. The van der Waals surface area contributed by atoms with Crippen molar-refractivity contribution in [1.82, 2.24) is 0 Å². The van der Waals surface area contributed by atoms with E-state index in [4.69, 9.17) is 0 Å². The van der Waals surface area contributed by atoms with Gasteiger partial charge in [-0.1, -0.05) is 75.7 Å². The third kappa shape index (κ3) is 4.24. The van der Waals surface area contributed by atoms with Gasteiger partial charge in [0.2, 0.25) is 0 Å². The van der Waals surface area contributed by atoms with Gasteiger partial charge < -0.3 is 0 Å². The molecule has 0 bridgehead atoms.